The predicted octanol–water partition coefficient (Wildman–Crippen LogP) is 2.99. The Balaban J connectivity index is 2.10. The van der Waals surface area contributed by atoms with Crippen LogP contribution in [0, 0.1) is 33.1 Å². The number of hydrogen-bond donors (Lipinski definition) is 0. The van der Waals surface area contributed by atoms with Crippen molar-refractivity contribution in [3.8, 4) is 5.69 Å². The largest absolute Gasteiger partial charge is 0.332 e. The fourth-order valence-electron chi connectivity index (χ4n) is 4.12. The Hall–Kier alpha value is -3.42. The van der Waals surface area contributed by atoms with E-state index < -0.39 is 16.7 Å². The topological polar surface area (TPSA) is 83.3 Å². The molecule has 168 valence electrons. The highest BCUT2D eigenvalue weighted by Crippen LogP contribution is 2.26. The number of hydrogen-bond acceptors (Lipinski definition) is 4. The molecule has 32 heavy (non-hydrogen) atoms. The third-order valence-electron chi connectivity index (χ3n) is 6.25. The molecule has 0 saturated carbocycles. The monoisotopic (exact) mass is 435 g/mol. The third-order valence-corrected chi connectivity index (χ3v) is 6.25. The van der Waals surface area contributed by atoms with E-state index in [9.17, 15) is 14.4 Å². The number of carbonyl (C=O) groups is 1. The van der Waals surface area contributed by atoms with Crippen molar-refractivity contribution in [3.05, 3.63) is 61.6 Å². The van der Waals surface area contributed by atoms with Crippen LogP contribution >= 0.6 is 0 Å². The molecule has 3 aromatic heterocycles. The van der Waals surface area contributed by atoms with Crippen LogP contribution in [-0.4, -0.2) is 28.9 Å². The average molecular weight is 436 g/mol. The molecule has 0 atom stereocenters. The lowest BCUT2D eigenvalue weighted by molar-refractivity contribution is -0.127. The highest BCUT2D eigenvalue weighted by Gasteiger charge is 2.27. The van der Waals surface area contributed by atoms with Crippen molar-refractivity contribution in [2.24, 2.45) is 12.5 Å². The van der Waals surface area contributed by atoms with Crippen LogP contribution in [0.1, 0.15) is 43.3 Å². The minimum Gasteiger partial charge on any atom is -0.297 e. The van der Waals surface area contributed by atoms with Gasteiger partial charge in [0.05, 0.1) is 12.2 Å². The first-order valence-corrected chi connectivity index (χ1v) is 10.7. The van der Waals surface area contributed by atoms with Gasteiger partial charge in [0.2, 0.25) is 5.78 Å². The second-order valence-electron chi connectivity index (χ2n) is 9.62. The van der Waals surface area contributed by atoms with Crippen molar-refractivity contribution in [1.82, 2.24) is 23.1 Å². The molecule has 0 amide bonds. The maximum Gasteiger partial charge on any atom is 0.332 e. The van der Waals surface area contributed by atoms with Crippen LogP contribution in [0.4, 0.5) is 0 Å². The van der Waals surface area contributed by atoms with Gasteiger partial charge < -0.3 is 0 Å². The summed E-state index contributed by atoms with van der Waals surface area (Å²) in [4.78, 5) is 43.8. The van der Waals surface area contributed by atoms with E-state index in [0.29, 0.717) is 16.9 Å². The van der Waals surface area contributed by atoms with E-state index >= 15 is 0 Å². The molecule has 8 nitrogen and oxygen atoms in total. The lowest BCUT2D eigenvalue weighted by atomic mass is 9.91. The zero-order valence-electron chi connectivity index (χ0n) is 19.9. The van der Waals surface area contributed by atoms with Crippen molar-refractivity contribution in [2.45, 2.75) is 55.0 Å². The van der Waals surface area contributed by atoms with Crippen LogP contribution in [0.3, 0.4) is 0 Å². The number of imidazole rings is 2. The Morgan fingerprint density at radius 2 is 1.69 bits per heavy atom. The van der Waals surface area contributed by atoms with E-state index in [2.05, 4.69) is 6.07 Å². The van der Waals surface area contributed by atoms with E-state index in [4.69, 9.17) is 4.98 Å². The maximum atomic E-state index is 13.5. The maximum absolute atomic E-state index is 13.5. The van der Waals surface area contributed by atoms with Gasteiger partial charge in [-0.15, -0.1) is 0 Å². The van der Waals surface area contributed by atoms with Gasteiger partial charge >= 0.3 is 5.69 Å². The summed E-state index contributed by atoms with van der Waals surface area (Å²) in [7, 11) is 1.58. The van der Waals surface area contributed by atoms with Gasteiger partial charge in [-0.3, -0.25) is 27.7 Å². The predicted molar refractivity (Wildman–Crippen MR) is 125 cm³/mol. The van der Waals surface area contributed by atoms with E-state index in [1.54, 1.807) is 32.2 Å². The fourth-order valence-corrected chi connectivity index (χ4v) is 4.12. The molecule has 0 aliphatic heterocycles. The molecule has 0 saturated heterocycles. The summed E-state index contributed by atoms with van der Waals surface area (Å²) >= 11 is 0. The molecular weight excluding hydrogens is 406 g/mol. The molecule has 8 heteroatoms. The van der Waals surface area contributed by atoms with E-state index in [1.807, 2.05) is 44.4 Å². The fraction of sp³-hybridized carbons (Fsp3) is 0.417. The number of aromatic nitrogens is 5. The van der Waals surface area contributed by atoms with Crippen molar-refractivity contribution in [3.63, 3.8) is 0 Å². The molecule has 0 bridgehead atoms. The first-order chi connectivity index (χ1) is 14.8. The summed E-state index contributed by atoms with van der Waals surface area (Å²) in [5.41, 5.74) is 3.90. The molecule has 0 fully saturated rings. The minimum absolute atomic E-state index is 0.183. The summed E-state index contributed by atoms with van der Waals surface area (Å²) < 4.78 is 6.18. The number of carbonyl (C=O) groups excluding carboxylic acids is 1. The highest BCUT2D eigenvalue weighted by molar-refractivity contribution is 5.84. The molecule has 0 spiro atoms. The summed E-state index contributed by atoms with van der Waals surface area (Å²) in [6.07, 6.45) is 0. The number of Topliss-reactive ketones (excluding diaryl/α,β-unsaturated/α-hetero) is 1. The van der Waals surface area contributed by atoms with Gasteiger partial charge in [0, 0.05) is 23.9 Å². The van der Waals surface area contributed by atoms with Crippen LogP contribution in [0.5, 0.6) is 0 Å². The first-order valence-electron chi connectivity index (χ1n) is 10.7. The van der Waals surface area contributed by atoms with E-state index in [-0.39, 0.29) is 12.3 Å². The van der Waals surface area contributed by atoms with Crippen molar-refractivity contribution in [2.75, 3.05) is 0 Å². The Morgan fingerprint density at radius 1 is 1.03 bits per heavy atom. The second-order valence-corrected chi connectivity index (χ2v) is 9.62. The summed E-state index contributed by atoms with van der Waals surface area (Å²) in [6.45, 7) is 13.1. The molecule has 0 radical (unpaired) electrons. The molecule has 0 unspecified atom stereocenters. The SMILES string of the molecule is Cc1ccc(-n2c(C)c(C)n3c4c(=O)n(CC(=O)C(C)(C)C)c(=O)n(C)c4nc23)c(C)c1. The van der Waals surface area contributed by atoms with Crippen LogP contribution in [0.15, 0.2) is 27.8 Å². The van der Waals surface area contributed by atoms with E-state index in [0.717, 1.165) is 32.8 Å². The molecule has 1 aromatic carbocycles. The van der Waals surface area contributed by atoms with E-state index in [1.165, 1.54) is 4.57 Å². The normalized spacial score (nSPS) is 12.2. The summed E-state index contributed by atoms with van der Waals surface area (Å²) in [6, 6.07) is 6.18. The molecule has 4 aromatic rings. The van der Waals surface area contributed by atoms with Gasteiger partial charge in [-0.1, -0.05) is 38.5 Å². The molecule has 4 rings (SSSR count). The standard InChI is InChI=1S/C24H29N5O3/c1-13-9-10-17(14(2)11-13)28-15(3)16(4)29-19-20(25-22(28)29)26(8)23(32)27(21(19)31)12-18(30)24(5,6)7/h9-11H,12H2,1-8H3. The van der Waals surface area contributed by atoms with Crippen LogP contribution < -0.4 is 11.2 Å². The van der Waals surface area contributed by atoms with Gasteiger partial charge in [-0.2, -0.15) is 4.98 Å². The zero-order valence-corrected chi connectivity index (χ0v) is 19.9. The molecular formula is C24H29N5O3. The number of rotatable bonds is 3. The molecule has 0 N–H and O–H groups in total. The lowest BCUT2D eigenvalue weighted by Gasteiger charge is -2.17. The van der Waals surface area contributed by atoms with Gasteiger partial charge in [0.1, 0.15) is 0 Å². The second kappa shape index (κ2) is 7.05. The smallest absolute Gasteiger partial charge is 0.297 e. The highest BCUT2D eigenvalue weighted by atomic mass is 16.2. The van der Waals surface area contributed by atoms with Gasteiger partial charge in [-0.05, 0) is 39.3 Å². The summed E-state index contributed by atoms with van der Waals surface area (Å²) in [5, 5.41) is 0. The third kappa shape index (κ3) is 3.04. The Bertz CT molecular complexity index is 1540. The van der Waals surface area contributed by atoms with Crippen molar-refractivity contribution < 1.29 is 4.79 Å². The van der Waals surface area contributed by atoms with Crippen LogP contribution in [-0.2, 0) is 18.4 Å². The molecule has 0 aliphatic rings. The van der Waals surface area contributed by atoms with Gasteiger partial charge in [0.15, 0.2) is 16.9 Å². The van der Waals surface area contributed by atoms with Crippen molar-refractivity contribution in [1.29, 1.82) is 0 Å². The number of ketones is 1. The number of aryl methyl sites for hydroxylation is 4. The number of fused-ring (bicyclic) bond motifs is 3. The first kappa shape index (κ1) is 21.8. The minimum atomic E-state index is -0.662. The van der Waals surface area contributed by atoms with Crippen LogP contribution in [0.25, 0.3) is 22.6 Å². The average Bonchev–Trinajstić information content (AvgIpc) is 3.19. The Morgan fingerprint density at radius 3 is 2.28 bits per heavy atom. The zero-order chi connectivity index (χ0) is 23.7. The Labute approximate surface area is 185 Å². The quantitative estimate of drug-likeness (QED) is 0.495. The molecule has 3 heterocycles. The molecule has 0 aliphatic carbocycles. The van der Waals surface area contributed by atoms with Gasteiger partial charge in [-0.25, -0.2) is 4.79 Å². The summed E-state index contributed by atoms with van der Waals surface area (Å²) in [5.74, 6) is 0.381. The van der Waals surface area contributed by atoms with Crippen molar-refractivity contribution >= 4 is 22.7 Å². The van der Waals surface area contributed by atoms with Crippen LogP contribution in [0.2, 0.25) is 0 Å². The Kier molecular flexibility index (Phi) is 4.80. The number of benzene rings is 1. The lowest BCUT2D eigenvalue weighted by Crippen LogP contribution is -2.43. The number of nitrogens with zero attached hydrogens (tertiary/aromatic N) is 5. The van der Waals surface area contributed by atoms with Gasteiger partial charge in [0.25, 0.3) is 5.56 Å².